The van der Waals surface area contributed by atoms with E-state index in [0.717, 1.165) is 19.3 Å². The Hall–Kier alpha value is -3.20. The number of hydrogen-bond acceptors (Lipinski definition) is 5. The van der Waals surface area contributed by atoms with Crippen LogP contribution in [0, 0.1) is 10.1 Å². The van der Waals surface area contributed by atoms with Gasteiger partial charge in [-0.25, -0.2) is 0 Å². The van der Waals surface area contributed by atoms with E-state index in [2.05, 4.69) is 26.6 Å². The molecule has 1 aliphatic carbocycles. The van der Waals surface area contributed by atoms with E-state index in [9.17, 15) is 19.7 Å². The van der Waals surface area contributed by atoms with E-state index >= 15 is 0 Å². The summed E-state index contributed by atoms with van der Waals surface area (Å²) in [6.45, 7) is 0. The minimum Gasteiger partial charge on any atom is -0.496 e. The SMILES string of the molecule is COc1ccccc1C(Br)=C(NC(=O)c1ccc([N+](=O)[O-])cc1)C(=O)NC1CCC1. The van der Waals surface area contributed by atoms with Crippen LogP contribution in [0.3, 0.4) is 0 Å². The van der Waals surface area contributed by atoms with Gasteiger partial charge < -0.3 is 15.4 Å². The van der Waals surface area contributed by atoms with E-state index in [1.807, 2.05) is 0 Å². The largest absolute Gasteiger partial charge is 0.496 e. The molecule has 1 aliphatic rings. The smallest absolute Gasteiger partial charge is 0.269 e. The number of nitro groups is 1. The van der Waals surface area contributed by atoms with Crippen LogP contribution in [0.25, 0.3) is 4.48 Å². The van der Waals surface area contributed by atoms with Crippen molar-refractivity contribution in [1.29, 1.82) is 0 Å². The minimum absolute atomic E-state index is 0.0368. The van der Waals surface area contributed by atoms with Crippen LogP contribution in [0.4, 0.5) is 5.69 Å². The second-order valence-corrected chi connectivity index (χ2v) is 7.54. The number of rotatable bonds is 7. The Balaban J connectivity index is 1.93. The number of para-hydroxylation sites is 1. The molecule has 3 rings (SSSR count). The van der Waals surface area contributed by atoms with E-state index in [1.165, 1.54) is 31.4 Å². The summed E-state index contributed by atoms with van der Waals surface area (Å²) in [6, 6.07) is 12.3. The molecular formula is C21H20BrN3O5. The summed E-state index contributed by atoms with van der Waals surface area (Å²) in [5, 5.41) is 16.4. The number of nitrogens with one attached hydrogen (secondary N) is 2. The molecule has 0 atom stereocenters. The number of hydrogen-bond donors (Lipinski definition) is 2. The first-order chi connectivity index (χ1) is 14.4. The lowest BCUT2D eigenvalue weighted by Gasteiger charge is -2.27. The van der Waals surface area contributed by atoms with Crippen molar-refractivity contribution in [2.24, 2.45) is 0 Å². The number of methoxy groups -OCH3 is 1. The van der Waals surface area contributed by atoms with Gasteiger partial charge in [-0.05, 0) is 53.4 Å². The maximum atomic E-state index is 12.9. The third-order valence-corrected chi connectivity index (χ3v) is 5.63. The zero-order valence-electron chi connectivity index (χ0n) is 16.2. The van der Waals surface area contributed by atoms with Gasteiger partial charge in [0.2, 0.25) is 0 Å². The van der Waals surface area contributed by atoms with Crippen LogP contribution in [0.2, 0.25) is 0 Å². The summed E-state index contributed by atoms with van der Waals surface area (Å²) in [5.74, 6) is -0.453. The molecule has 0 heterocycles. The van der Waals surface area contributed by atoms with Crippen molar-refractivity contribution >= 4 is 37.9 Å². The van der Waals surface area contributed by atoms with Gasteiger partial charge >= 0.3 is 0 Å². The van der Waals surface area contributed by atoms with Crippen molar-refractivity contribution in [1.82, 2.24) is 10.6 Å². The predicted molar refractivity (Wildman–Crippen MR) is 115 cm³/mol. The molecule has 2 aromatic carbocycles. The fourth-order valence-corrected chi connectivity index (χ4v) is 3.51. The fourth-order valence-electron chi connectivity index (χ4n) is 2.90. The summed E-state index contributed by atoms with van der Waals surface area (Å²) in [4.78, 5) is 36.0. The van der Waals surface area contributed by atoms with Gasteiger partial charge in [0.25, 0.3) is 17.5 Å². The first-order valence-corrected chi connectivity index (χ1v) is 10.1. The van der Waals surface area contributed by atoms with E-state index < -0.39 is 16.7 Å². The van der Waals surface area contributed by atoms with Crippen molar-refractivity contribution in [2.45, 2.75) is 25.3 Å². The molecule has 8 nitrogen and oxygen atoms in total. The van der Waals surface area contributed by atoms with Gasteiger partial charge in [0.15, 0.2) is 0 Å². The highest BCUT2D eigenvalue weighted by Gasteiger charge is 2.25. The predicted octanol–water partition coefficient (Wildman–Crippen LogP) is 3.77. The summed E-state index contributed by atoms with van der Waals surface area (Å²) in [5.41, 5.74) is 0.702. The molecule has 0 radical (unpaired) electrons. The van der Waals surface area contributed by atoms with Gasteiger partial charge in [-0.3, -0.25) is 19.7 Å². The Morgan fingerprint density at radius 3 is 2.37 bits per heavy atom. The number of non-ortho nitro benzene ring substituents is 1. The van der Waals surface area contributed by atoms with Crippen molar-refractivity contribution in [3.63, 3.8) is 0 Å². The second-order valence-electron chi connectivity index (χ2n) is 6.75. The number of benzene rings is 2. The maximum Gasteiger partial charge on any atom is 0.269 e. The zero-order chi connectivity index (χ0) is 21.7. The molecule has 0 saturated heterocycles. The molecule has 0 unspecified atom stereocenters. The van der Waals surface area contributed by atoms with Crippen LogP contribution >= 0.6 is 15.9 Å². The summed E-state index contributed by atoms with van der Waals surface area (Å²) in [7, 11) is 1.52. The topological polar surface area (TPSA) is 111 Å². The summed E-state index contributed by atoms with van der Waals surface area (Å²) < 4.78 is 5.73. The van der Waals surface area contributed by atoms with Crippen molar-refractivity contribution in [3.05, 3.63) is 75.5 Å². The second kappa shape index (κ2) is 9.53. The molecule has 9 heteroatoms. The number of carbonyl (C=O) groups is 2. The highest BCUT2D eigenvalue weighted by Crippen LogP contribution is 2.32. The molecule has 30 heavy (non-hydrogen) atoms. The average molecular weight is 474 g/mol. The summed E-state index contributed by atoms with van der Waals surface area (Å²) in [6.07, 6.45) is 2.83. The Morgan fingerprint density at radius 1 is 1.13 bits per heavy atom. The highest BCUT2D eigenvalue weighted by molar-refractivity contribution is 9.15. The highest BCUT2D eigenvalue weighted by atomic mass is 79.9. The van der Waals surface area contributed by atoms with Gasteiger partial charge in [0, 0.05) is 29.3 Å². The molecule has 2 N–H and O–H groups in total. The van der Waals surface area contributed by atoms with Crippen LogP contribution in [0.1, 0.15) is 35.2 Å². The molecule has 156 valence electrons. The van der Waals surface area contributed by atoms with Gasteiger partial charge in [-0.2, -0.15) is 0 Å². The normalized spacial score (nSPS) is 14.2. The van der Waals surface area contributed by atoms with Crippen molar-refractivity contribution in [3.8, 4) is 5.75 Å². The average Bonchev–Trinajstić information content (AvgIpc) is 2.73. The van der Waals surface area contributed by atoms with E-state index in [-0.39, 0.29) is 23.0 Å². The zero-order valence-corrected chi connectivity index (χ0v) is 17.8. The number of halogens is 1. The Morgan fingerprint density at radius 2 is 1.80 bits per heavy atom. The number of ether oxygens (including phenoxy) is 1. The number of carbonyl (C=O) groups excluding carboxylic acids is 2. The van der Waals surface area contributed by atoms with Gasteiger partial charge in [-0.1, -0.05) is 18.2 Å². The Labute approximate surface area is 181 Å². The molecule has 1 fully saturated rings. The lowest BCUT2D eigenvalue weighted by molar-refractivity contribution is -0.384. The van der Waals surface area contributed by atoms with E-state index in [4.69, 9.17) is 4.74 Å². The van der Waals surface area contributed by atoms with Gasteiger partial charge in [-0.15, -0.1) is 0 Å². The number of amides is 2. The fraction of sp³-hybridized carbons (Fsp3) is 0.238. The third-order valence-electron chi connectivity index (χ3n) is 4.81. The molecular weight excluding hydrogens is 454 g/mol. The molecule has 0 spiro atoms. The van der Waals surface area contributed by atoms with Crippen LogP contribution in [-0.2, 0) is 4.79 Å². The molecule has 2 amide bonds. The van der Waals surface area contributed by atoms with Crippen molar-refractivity contribution < 1.29 is 19.2 Å². The van der Waals surface area contributed by atoms with Crippen LogP contribution in [0.15, 0.2) is 54.2 Å². The maximum absolute atomic E-state index is 12.9. The molecule has 0 aromatic heterocycles. The molecule has 2 aromatic rings. The molecule has 1 saturated carbocycles. The van der Waals surface area contributed by atoms with E-state index in [1.54, 1.807) is 24.3 Å². The first kappa shape index (κ1) is 21.5. The quantitative estimate of drug-likeness (QED) is 0.361. The van der Waals surface area contributed by atoms with Crippen LogP contribution in [0.5, 0.6) is 5.75 Å². The molecule has 0 bridgehead atoms. The monoisotopic (exact) mass is 473 g/mol. The lowest BCUT2D eigenvalue weighted by Crippen LogP contribution is -2.43. The Bertz CT molecular complexity index is 1000. The Kier molecular flexibility index (Phi) is 6.83. The third kappa shape index (κ3) is 4.85. The van der Waals surface area contributed by atoms with Gasteiger partial charge in [0.1, 0.15) is 11.4 Å². The van der Waals surface area contributed by atoms with Crippen LogP contribution < -0.4 is 15.4 Å². The van der Waals surface area contributed by atoms with Crippen LogP contribution in [-0.4, -0.2) is 29.9 Å². The molecule has 0 aliphatic heterocycles. The summed E-state index contributed by atoms with van der Waals surface area (Å²) >= 11 is 3.44. The van der Waals surface area contributed by atoms with E-state index in [0.29, 0.717) is 15.8 Å². The standard InChI is InChI=1S/C21H20BrN3O5/c1-30-17-8-3-2-7-16(17)18(22)19(21(27)23-14-5-4-6-14)24-20(26)13-9-11-15(12-10-13)25(28)29/h2-3,7-12,14H,4-6H2,1H3,(H,23,27)(H,24,26). The van der Waals surface area contributed by atoms with Gasteiger partial charge in [0.05, 0.1) is 16.5 Å². The van der Waals surface area contributed by atoms with Crippen molar-refractivity contribution in [2.75, 3.05) is 7.11 Å². The first-order valence-electron chi connectivity index (χ1n) is 9.30. The number of nitrogens with zero attached hydrogens (tertiary/aromatic N) is 1. The lowest BCUT2D eigenvalue weighted by atomic mass is 9.93. The minimum atomic E-state index is -0.560. The number of nitro benzene ring substituents is 1.